The molecule has 0 bridgehead atoms. The number of hydrogen-bond donors (Lipinski definition) is 1. The van der Waals surface area contributed by atoms with E-state index in [0.29, 0.717) is 27.5 Å². The van der Waals surface area contributed by atoms with Crippen molar-refractivity contribution in [3.8, 4) is 5.75 Å². The lowest BCUT2D eigenvalue weighted by Gasteiger charge is -2.11. The van der Waals surface area contributed by atoms with E-state index < -0.39 is 11.9 Å². The third-order valence-corrected chi connectivity index (χ3v) is 5.19. The highest BCUT2D eigenvalue weighted by atomic mass is 35.5. The van der Waals surface area contributed by atoms with E-state index >= 15 is 0 Å². The van der Waals surface area contributed by atoms with Gasteiger partial charge in [-0.3, -0.25) is 4.79 Å². The number of esters is 1. The topological polar surface area (TPSA) is 67.8 Å². The summed E-state index contributed by atoms with van der Waals surface area (Å²) in [7, 11) is 0. The number of hydrazone groups is 1. The normalized spacial score (nSPS) is 10.9. The second-order valence-electron chi connectivity index (χ2n) is 7.14. The highest BCUT2D eigenvalue weighted by Crippen LogP contribution is 2.27. The average Bonchev–Trinajstić information content (AvgIpc) is 2.80. The molecule has 32 heavy (non-hydrogen) atoms. The van der Waals surface area contributed by atoms with E-state index in [2.05, 4.69) is 10.5 Å². The van der Waals surface area contributed by atoms with Crippen LogP contribution >= 0.6 is 11.6 Å². The number of nitrogens with zero attached hydrogens (tertiary/aromatic N) is 1. The van der Waals surface area contributed by atoms with Gasteiger partial charge >= 0.3 is 5.97 Å². The van der Waals surface area contributed by atoms with Gasteiger partial charge in [-0.2, -0.15) is 5.10 Å². The van der Waals surface area contributed by atoms with E-state index in [0.717, 1.165) is 16.3 Å². The smallest absolute Gasteiger partial charge is 0.343 e. The Morgan fingerprint density at radius 3 is 2.53 bits per heavy atom. The maximum absolute atomic E-state index is 12.7. The van der Waals surface area contributed by atoms with Crippen molar-refractivity contribution in [2.75, 3.05) is 0 Å². The molecular weight excluding hydrogens is 424 g/mol. The number of nitrogens with one attached hydrogen (secondary N) is 1. The van der Waals surface area contributed by atoms with Crippen molar-refractivity contribution in [3.05, 3.63) is 112 Å². The van der Waals surface area contributed by atoms with Crippen LogP contribution < -0.4 is 10.2 Å². The fourth-order valence-electron chi connectivity index (χ4n) is 3.29. The van der Waals surface area contributed by atoms with Crippen LogP contribution in [-0.2, 0) is 0 Å². The molecule has 0 unspecified atom stereocenters. The lowest BCUT2D eigenvalue weighted by molar-refractivity contribution is 0.0734. The Kier molecular flexibility index (Phi) is 6.29. The summed E-state index contributed by atoms with van der Waals surface area (Å²) in [6.07, 6.45) is 1.47. The molecule has 0 fully saturated rings. The van der Waals surface area contributed by atoms with Gasteiger partial charge in [-0.15, -0.1) is 0 Å². The van der Waals surface area contributed by atoms with Crippen molar-refractivity contribution in [3.63, 3.8) is 0 Å². The molecular formula is C26H19ClN2O3. The molecule has 5 nitrogen and oxygen atoms in total. The molecule has 158 valence electrons. The molecule has 0 saturated carbocycles. The van der Waals surface area contributed by atoms with Crippen molar-refractivity contribution in [1.29, 1.82) is 0 Å². The van der Waals surface area contributed by atoms with Crippen LogP contribution in [0.1, 0.15) is 31.8 Å². The molecule has 4 aromatic rings. The number of ether oxygens (including phenoxy) is 1. The summed E-state index contributed by atoms with van der Waals surface area (Å²) in [5, 5.41) is 6.20. The van der Waals surface area contributed by atoms with E-state index in [9.17, 15) is 9.59 Å². The Balaban J connectivity index is 1.64. The number of rotatable bonds is 5. The standard InChI is InChI=1S/C26H19ClN2O3/c1-17-7-6-9-19(15-17)26(31)32-24-14-13-18-8-2-3-10-20(18)22(24)16-28-29-25(30)21-11-4-5-12-23(21)27/h2-16H,1H3,(H,29,30)/b28-16+. The first-order chi connectivity index (χ1) is 15.5. The minimum Gasteiger partial charge on any atom is -0.422 e. The minimum absolute atomic E-state index is 0.315. The number of benzene rings is 4. The van der Waals surface area contributed by atoms with Crippen LogP contribution in [0.5, 0.6) is 5.75 Å². The fraction of sp³-hybridized carbons (Fsp3) is 0.0385. The van der Waals surface area contributed by atoms with Crippen molar-refractivity contribution >= 4 is 40.5 Å². The highest BCUT2D eigenvalue weighted by Gasteiger charge is 2.14. The largest absolute Gasteiger partial charge is 0.422 e. The first-order valence-corrected chi connectivity index (χ1v) is 10.3. The maximum Gasteiger partial charge on any atom is 0.343 e. The first-order valence-electron chi connectivity index (χ1n) is 9.91. The molecule has 0 aromatic heterocycles. The van der Waals surface area contributed by atoms with Gasteiger partial charge in [0.05, 0.1) is 22.4 Å². The van der Waals surface area contributed by atoms with Gasteiger partial charge in [0.25, 0.3) is 5.91 Å². The summed E-state index contributed by atoms with van der Waals surface area (Å²) in [5.74, 6) is -0.574. The number of aryl methyl sites for hydroxylation is 1. The molecule has 0 radical (unpaired) electrons. The van der Waals surface area contributed by atoms with Gasteiger partial charge in [-0.25, -0.2) is 10.2 Å². The van der Waals surface area contributed by atoms with Crippen LogP contribution in [0.2, 0.25) is 5.02 Å². The third kappa shape index (κ3) is 4.68. The lowest BCUT2D eigenvalue weighted by Crippen LogP contribution is -2.18. The van der Waals surface area contributed by atoms with E-state index in [1.165, 1.54) is 6.21 Å². The zero-order valence-electron chi connectivity index (χ0n) is 17.2. The molecule has 0 heterocycles. The zero-order valence-corrected chi connectivity index (χ0v) is 18.0. The number of hydrogen-bond acceptors (Lipinski definition) is 4. The van der Waals surface area contributed by atoms with Crippen LogP contribution in [-0.4, -0.2) is 18.1 Å². The summed E-state index contributed by atoms with van der Waals surface area (Å²) in [6.45, 7) is 1.91. The Bertz CT molecular complexity index is 1350. The molecule has 1 N–H and O–H groups in total. The lowest BCUT2D eigenvalue weighted by atomic mass is 10.0. The molecule has 0 spiro atoms. The maximum atomic E-state index is 12.7. The molecule has 4 aromatic carbocycles. The van der Waals surface area contributed by atoms with Crippen molar-refractivity contribution in [2.24, 2.45) is 5.10 Å². The summed E-state index contributed by atoms with van der Waals surface area (Å²) < 4.78 is 5.69. The Hall–Kier alpha value is -3.96. The summed E-state index contributed by atoms with van der Waals surface area (Å²) in [6, 6.07) is 25.1. The molecule has 4 rings (SSSR count). The SMILES string of the molecule is Cc1cccc(C(=O)Oc2ccc3ccccc3c2/C=N/NC(=O)c2ccccc2Cl)c1. The summed E-state index contributed by atoms with van der Waals surface area (Å²) in [5.41, 5.74) is 4.78. The van der Waals surface area contributed by atoms with Gasteiger partial charge in [0.15, 0.2) is 0 Å². The number of amides is 1. The van der Waals surface area contributed by atoms with E-state index in [-0.39, 0.29) is 0 Å². The molecule has 1 amide bonds. The fourth-order valence-corrected chi connectivity index (χ4v) is 3.51. The van der Waals surface area contributed by atoms with Crippen LogP contribution in [0.15, 0.2) is 90.0 Å². The summed E-state index contributed by atoms with van der Waals surface area (Å²) >= 11 is 6.07. The molecule has 0 aliphatic rings. The van der Waals surface area contributed by atoms with E-state index in [1.807, 2.05) is 43.3 Å². The van der Waals surface area contributed by atoms with Crippen LogP contribution in [0.3, 0.4) is 0 Å². The monoisotopic (exact) mass is 442 g/mol. The first kappa shape index (κ1) is 21.3. The predicted molar refractivity (Wildman–Crippen MR) is 127 cm³/mol. The number of carbonyl (C=O) groups is 2. The molecule has 0 aliphatic heterocycles. The van der Waals surface area contributed by atoms with Gasteiger partial charge in [0.1, 0.15) is 5.75 Å². The number of carbonyl (C=O) groups excluding carboxylic acids is 2. The van der Waals surface area contributed by atoms with Gasteiger partial charge in [-0.1, -0.05) is 71.8 Å². The van der Waals surface area contributed by atoms with Gasteiger partial charge in [0, 0.05) is 5.56 Å². The van der Waals surface area contributed by atoms with Crippen molar-refractivity contribution < 1.29 is 14.3 Å². The number of fused-ring (bicyclic) bond motifs is 1. The number of halogens is 1. The average molecular weight is 443 g/mol. The van der Waals surface area contributed by atoms with E-state index in [1.54, 1.807) is 48.5 Å². The van der Waals surface area contributed by atoms with Crippen molar-refractivity contribution in [2.45, 2.75) is 6.92 Å². The Labute approximate surface area is 190 Å². The predicted octanol–water partition coefficient (Wildman–Crippen LogP) is 5.78. The quantitative estimate of drug-likeness (QED) is 0.184. The van der Waals surface area contributed by atoms with Gasteiger partial charge < -0.3 is 4.74 Å². The van der Waals surface area contributed by atoms with Crippen LogP contribution in [0, 0.1) is 6.92 Å². The highest BCUT2D eigenvalue weighted by molar-refractivity contribution is 6.33. The molecule has 0 saturated heterocycles. The summed E-state index contributed by atoms with van der Waals surface area (Å²) in [4.78, 5) is 25.1. The van der Waals surface area contributed by atoms with Gasteiger partial charge in [-0.05, 0) is 48.0 Å². The third-order valence-electron chi connectivity index (χ3n) is 4.87. The van der Waals surface area contributed by atoms with Gasteiger partial charge in [0.2, 0.25) is 0 Å². The zero-order chi connectivity index (χ0) is 22.5. The molecule has 0 atom stereocenters. The van der Waals surface area contributed by atoms with Crippen LogP contribution in [0.25, 0.3) is 10.8 Å². The Morgan fingerprint density at radius 2 is 1.72 bits per heavy atom. The molecule has 0 aliphatic carbocycles. The van der Waals surface area contributed by atoms with E-state index in [4.69, 9.17) is 16.3 Å². The van der Waals surface area contributed by atoms with Crippen molar-refractivity contribution in [1.82, 2.24) is 5.43 Å². The Morgan fingerprint density at radius 1 is 0.938 bits per heavy atom. The second kappa shape index (κ2) is 9.45. The second-order valence-corrected chi connectivity index (χ2v) is 7.54. The molecule has 6 heteroatoms. The van der Waals surface area contributed by atoms with Crippen LogP contribution in [0.4, 0.5) is 0 Å². The minimum atomic E-state index is -0.473.